The van der Waals surface area contributed by atoms with Gasteiger partial charge in [-0.15, -0.1) is 0 Å². The smallest absolute Gasteiger partial charge is 0.120 e. The van der Waals surface area contributed by atoms with Crippen LogP contribution in [0.1, 0.15) is 18.1 Å². The summed E-state index contributed by atoms with van der Waals surface area (Å²) < 4.78 is 5.33. The molecule has 0 spiro atoms. The lowest BCUT2D eigenvalue weighted by Crippen LogP contribution is -2.45. The molecule has 0 amide bonds. The number of hydrogen-bond acceptors (Lipinski definition) is 3. The largest absolute Gasteiger partial charge is 0.497 e. The lowest BCUT2D eigenvalue weighted by molar-refractivity contribution is 0.250. The predicted octanol–water partition coefficient (Wildman–Crippen LogP) is 3.58. The van der Waals surface area contributed by atoms with E-state index in [0.29, 0.717) is 0 Å². The van der Waals surface area contributed by atoms with Crippen molar-refractivity contribution in [3.63, 3.8) is 0 Å². The monoisotopic (exact) mass is 310 g/mol. The van der Waals surface area contributed by atoms with Crippen LogP contribution in [-0.4, -0.2) is 38.2 Å². The van der Waals surface area contributed by atoms with Crippen molar-refractivity contribution in [1.29, 1.82) is 0 Å². The highest BCUT2D eigenvalue weighted by Crippen LogP contribution is 2.22. The van der Waals surface area contributed by atoms with E-state index in [-0.39, 0.29) is 0 Å². The molecule has 1 saturated heterocycles. The van der Waals surface area contributed by atoms with Crippen LogP contribution in [0, 0.1) is 0 Å². The summed E-state index contributed by atoms with van der Waals surface area (Å²) in [5, 5.41) is 0. The first-order valence-electron chi connectivity index (χ1n) is 8.47. The number of hydrogen-bond donors (Lipinski definition) is 0. The number of aryl methyl sites for hydroxylation is 1. The van der Waals surface area contributed by atoms with Gasteiger partial charge in [-0.1, -0.05) is 37.3 Å². The van der Waals surface area contributed by atoms with Crippen LogP contribution < -0.4 is 9.64 Å². The molecule has 2 aromatic carbocycles. The molecule has 3 heteroatoms. The van der Waals surface area contributed by atoms with Crippen molar-refractivity contribution in [3.8, 4) is 5.75 Å². The average molecular weight is 310 g/mol. The molecular weight excluding hydrogens is 284 g/mol. The van der Waals surface area contributed by atoms with Crippen molar-refractivity contribution < 1.29 is 4.74 Å². The first-order valence-corrected chi connectivity index (χ1v) is 8.47. The maximum atomic E-state index is 5.33. The highest BCUT2D eigenvalue weighted by atomic mass is 16.5. The van der Waals surface area contributed by atoms with E-state index < -0.39 is 0 Å². The molecule has 0 aromatic heterocycles. The van der Waals surface area contributed by atoms with E-state index in [1.54, 1.807) is 7.11 Å². The van der Waals surface area contributed by atoms with Gasteiger partial charge in [0, 0.05) is 44.5 Å². The fraction of sp³-hybridized carbons (Fsp3) is 0.400. The quantitative estimate of drug-likeness (QED) is 0.839. The molecule has 0 atom stereocenters. The van der Waals surface area contributed by atoms with Crippen molar-refractivity contribution in [3.05, 3.63) is 59.7 Å². The lowest BCUT2D eigenvalue weighted by Gasteiger charge is -2.36. The van der Waals surface area contributed by atoms with E-state index in [4.69, 9.17) is 4.74 Å². The van der Waals surface area contributed by atoms with Crippen LogP contribution in [0.2, 0.25) is 0 Å². The van der Waals surface area contributed by atoms with Crippen LogP contribution in [0.15, 0.2) is 48.5 Å². The van der Waals surface area contributed by atoms with Crippen LogP contribution in [-0.2, 0) is 13.0 Å². The zero-order valence-electron chi connectivity index (χ0n) is 14.2. The Morgan fingerprint density at radius 1 is 0.913 bits per heavy atom. The number of rotatable bonds is 5. The van der Waals surface area contributed by atoms with Gasteiger partial charge in [0.2, 0.25) is 0 Å². The second kappa shape index (κ2) is 7.51. The second-order valence-electron chi connectivity index (χ2n) is 6.13. The molecule has 0 saturated carbocycles. The number of anilines is 1. The summed E-state index contributed by atoms with van der Waals surface area (Å²) in [6.07, 6.45) is 1.11. The molecule has 1 fully saturated rings. The van der Waals surface area contributed by atoms with Crippen LogP contribution in [0.25, 0.3) is 0 Å². The van der Waals surface area contributed by atoms with Gasteiger partial charge in [0.15, 0.2) is 0 Å². The summed E-state index contributed by atoms with van der Waals surface area (Å²) in [5.41, 5.74) is 4.09. The summed E-state index contributed by atoms with van der Waals surface area (Å²) in [4.78, 5) is 4.98. The van der Waals surface area contributed by atoms with Crippen LogP contribution in [0.3, 0.4) is 0 Å². The maximum absolute atomic E-state index is 5.33. The van der Waals surface area contributed by atoms with Gasteiger partial charge < -0.3 is 9.64 Å². The minimum atomic E-state index is 0.931. The van der Waals surface area contributed by atoms with Crippen molar-refractivity contribution in [2.75, 3.05) is 38.2 Å². The van der Waals surface area contributed by atoms with Crippen LogP contribution in [0.5, 0.6) is 5.75 Å². The Morgan fingerprint density at radius 2 is 1.61 bits per heavy atom. The minimum absolute atomic E-state index is 0.931. The Labute approximate surface area is 139 Å². The van der Waals surface area contributed by atoms with Gasteiger partial charge in [0.1, 0.15) is 5.75 Å². The van der Waals surface area contributed by atoms with Gasteiger partial charge in [-0.3, -0.25) is 4.90 Å². The number of piperazine rings is 1. The molecule has 23 heavy (non-hydrogen) atoms. The minimum Gasteiger partial charge on any atom is -0.497 e. The molecule has 0 radical (unpaired) electrons. The van der Waals surface area contributed by atoms with E-state index in [2.05, 4.69) is 59.2 Å². The summed E-state index contributed by atoms with van der Waals surface area (Å²) >= 11 is 0. The normalized spacial score (nSPS) is 15.7. The van der Waals surface area contributed by atoms with Gasteiger partial charge in [-0.05, 0) is 29.7 Å². The standard InChI is InChI=1S/C20H26N2O/c1-3-17-7-9-18(10-8-17)16-21-11-13-22(14-12-21)19-5-4-6-20(15-19)23-2/h4-10,15H,3,11-14,16H2,1-2H3. The predicted molar refractivity (Wildman–Crippen MR) is 96.3 cm³/mol. The molecule has 3 nitrogen and oxygen atoms in total. The fourth-order valence-electron chi connectivity index (χ4n) is 3.11. The zero-order chi connectivity index (χ0) is 16.1. The SMILES string of the molecule is CCc1ccc(CN2CCN(c3cccc(OC)c3)CC2)cc1. The molecule has 1 aliphatic rings. The molecule has 1 heterocycles. The first kappa shape index (κ1) is 15.9. The zero-order valence-corrected chi connectivity index (χ0v) is 14.2. The molecule has 1 aliphatic heterocycles. The number of ether oxygens (including phenoxy) is 1. The summed E-state index contributed by atoms with van der Waals surface area (Å²) in [6, 6.07) is 17.4. The molecule has 0 unspecified atom stereocenters. The Morgan fingerprint density at radius 3 is 2.26 bits per heavy atom. The first-order chi connectivity index (χ1) is 11.3. The summed E-state index contributed by atoms with van der Waals surface area (Å²) in [6.45, 7) is 7.60. The molecular formula is C20H26N2O. The van der Waals surface area contributed by atoms with E-state index in [0.717, 1.165) is 44.9 Å². The Hall–Kier alpha value is -2.00. The molecule has 0 aliphatic carbocycles. The third kappa shape index (κ3) is 4.05. The van der Waals surface area contributed by atoms with E-state index in [1.165, 1.54) is 16.8 Å². The highest BCUT2D eigenvalue weighted by Gasteiger charge is 2.17. The molecule has 2 aromatic rings. The average Bonchev–Trinajstić information content (AvgIpc) is 2.63. The van der Waals surface area contributed by atoms with E-state index in [9.17, 15) is 0 Å². The number of benzene rings is 2. The molecule has 0 N–H and O–H groups in total. The third-order valence-electron chi connectivity index (χ3n) is 4.63. The molecule has 0 bridgehead atoms. The topological polar surface area (TPSA) is 15.7 Å². The summed E-state index contributed by atoms with van der Waals surface area (Å²) in [5.74, 6) is 0.931. The van der Waals surface area contributed by atoms with Crippen molar-refractivity contribution in [2.24, 2.45) is 0 Å². The second-order valence-corrected chi connectivity index (χ2v) is 6.13. The fourth-order valence-corrected chi connectivity index (χ4v) is 3.11. The number of nitrogens with zero attached hydrogens (tertiary/aromatic N) is 2. The molecule has 122 valence electrons. The van der Waals surface area contributed by atoms with Crippen molar-refractivity contribution >= 4 is 5.69 Å². The van der Waals surface area contributed by atoms with Crippen LogP contribution in [0.4, 0.5) is 5.69 Å². The molecule has 3 rings (SSSR count). The van der Waals surface area contributed by atoms with Crippen molar-refractivity contribution in [2.45, 2.75) is 19.9 Å². The highest BCUT2D eigenvalue weighted by molar-refractivity contribution is 5.51. The lowest BCUT2D eigenvalue weighted by atomic mass is 10.1. The number of methoxy groups -OCH3 is 1. The van der Waals surface area contributed by atoms with E-state index >= 15 is 0 Å². The van der Waals surface area contributed by atoms with E-state index in [1.807, 2.05) is 6.07 Å². The van der Waals surface area contributed by atoms with Crippen molar-refractivity contribution in [1.82, 2.24) is 4.90 Å². The Balaban J connectivity index is 1.55. The van der Waals surface area contributed by atoms with Gasteiger partial charge in [-0.2, -0.15) is 0 Å². The van der Waals surface area contributed by atoms with Gasteiger partial charge in [0.25, 0.3) is 0 Å². The van der Waals surface area contributed by atoms with Gasteiger partial charge >= 0.3 is 0 Å². The Kier molecular flexibility index (Phi) is 5.19. The third-order valence-corrected chi connectivity index (χ3v) is 4.63. The van der Waals surface area contributed by atoms with Gasteiger partial charge in [-0.25, -0.2) is 0 Å². The summed E-state index contributed by atoms with van der Waals surface area (Å²) in [7, 11) is 1.72. The van der Waals surface area contributed by atoms with Crippen LogP contribution >= 0.6 is 0 Å². The van der Waals surface area contributed by atoms with Gasteiger partial charge in [0.05, 0.1) is 7.11 Å². The maximum Gasteiger partial charge on any atom is 0.120 e. The Bertz CT molecular complexity index is 616.